The van der Waals surface area contributed by atoms with Crippen molar-refractivity contribution >= 4 is 5.91 Å². The number of carbonyl (C=O) groups is 1. The van der Waals surface area contributed by atoms with Crippen molar-refractivity contribution in [3.63, 3.8) is 0 Å². The number of H-pyrrole nitrogens is 1. The van der Waals surface area contributed by atoms with Crippen molar-refractivity contribution in [1.29, 1.82) is 0 Å². The number of hydrogen-bond acceptors (Lipinski definition) is 6. The van der Waals surface area contributed by atoms with Gasteiger partial charge < -0.3 is 10.0 Å². The molecule has 0 saturated carbocycles. The van der Waals surface area contributed by atoms with E-state index < -0.39 is 6.10 Å². The molecule has 8 heteroatoms. The highest BCUT2D eigenvalue weighted by atomic mass is 16.3. The Kier molecular flexibility index (Phi) is 4.64. The van der Waals surface area contributed by atoms with Crippen molar-refractivity contribution in [3.05, 3.63) is 59.8 Å². The molecule has 0 spiro atoms. The number of aromatic amines is 1. The second kappa shape index (κ2) is 7.24. The van der Waals surface area contributed by atoms with Crippen LogP contribution in [0, 0.1) is 12.8 Å². The molecule has 4 heterocycles. The summed E-state index contributed by atoms with van der Waals surface area (Å²) in [6.45, 7) is 2.72. The van der Waals surface area contributed by atoms with E-state index in [1.54, 1.807) is 11.1 Å². The van der Waals surface area contributed by atoms with Gasteiger partial charge in [0.25, 0.3) is 5.91 Å². The maximum Gasteiger partial charge on any atom is 0.257 e. The molecule has 1 aliphatic rings. The average molecular weight is 364 g/mol. The lowest BCUT2D eigenvalue weighted by molar-refractivity contribution is 0.0764. The van der Waals surface area contributed by atoms with Crippen LogP contribution in [0.2, 0.25) is 0 Å². The highest BCUT2D eigenvalue weighted by molar-refractivity contribution is 5.94. The van der Waals surface area contributed by atoms with Crippen LogP contribution in [0.25, 0.3) is 11.5 Å². The summed E-state index contributed by atoms with van der Waals surface area (Å²) in [5, 5.41) is 17.5. The zero-order chi connectivity index (χ0) is 18.8. The van der Waals surface area contributed by atoms with Crippen LogP contribution in [-0.4, -0.2) is 60.3 Å². The molecule has 1 saturated heterocycles. The molecule has 4 rings (SSSR count). The molecule has 3 aromatic rings. The molecule has 0 radical (unpaired) electrons. The molecule has 0 unspecified atom stereocenters. The maximum atomic E-state index is 12.7. The van der Waals surface area contributed by atoms with Gasteiger partial charge in [-0.05, 0) is 31.5 Å². The number of likely N-dealkylation sites (tertiary alicyclic amines) is 1. The van der Waals surface area contributed by atoms with Crippen molar-refractivity contribution in [2.24, 2.45) is 5.92 Å². The molecule has 1 fully saturated rings. The number of amides is 1. The molecule has 3 aromatic heterocycles. The predicted octanol–water partition coefficient (Wildman–Crippen LogP) is 1.25. The quantitative estimate of drug-likeness (QED) is 0.721. The fourth-order valence-corrected chi connectivity index (χ4v) is 3.32. The van der Waals surface area contributed by atoms with Gasteiger partial charge in [-0.3, -0.25) is 14.9 Å². The second-order valence-electron chi connectivity index (χ2n) is 6.79. The number of carbonyl (C=O) groups excluding carboxylic acids is 1. The van der Waals surface area contributed by atoms with Crippen molar-refractivity contribution < 1.29 is 9.90 Å². The van der Waals surface area contributed by atoms with Crippen LogP contribution < -0.4 is 0 Å². The Labute approximate surface area is 156 Å². The Hall–Kier alpha value is -3.13. The minimum atomic E-state index is -0.570. The van der Waals surface area contributed by atoms with Gasteiger partial charge in [0.05, 0.1) is 17.4 Å². The van der Waals surface area contributed by atoms with Gasteiger partial charge in [-0.15, -0.1) is 0 Å². The highest BCUT2D eigenvalue weighted by Gasteiger charge is 2.35. The van der Waals surface area contributed by atoms with Crippen molar-refractivity contribution in [3.8, 4) is 11.5 Å². The zero-order valence-corrected chi connectivity index (χ0v) is 14.9. The van der Waals surface area contributed by atoms with Crippen LogP contribution >= 0.6 is 0 Å². The summed E-state index contributed by atoms with van der Waals surface area (Å²) < 4.78 is 0. The standard InChI is InChI=1S/C19H20N6O2/c1-12-6-15(24-23-12)7-13-10-25(11-17(13)26)19(27)14-8-21-18(22-9-14)16-4-2-3-5-20-16/h2-6,8-9,13,17,26H,7,10-11H2,1H3,(H,23,24)/t13-,17+/m1/s1. The average Bonchev–Trinajstić information content (AvgIpc) is 3.28. The van der Waals surface area contributed by atoms with Gasteiger partial charge >= 0.3 is 0 Å². The van der Waals surface area contributed by atoms with Gasteiger partial charge in [0, 0.05) is 43.3 Å². The number of pyridine rings is 1. The Balaban J connectivity index is 1.43. The number of β-amino-alcohol motifs (C(OH)–C–C–N with tert-alkyl or cyclic N) is 1. The first-order valence-corrected chi connectivity index (χ1v) is 8.82. The Morgan fingerprint density at radius 2 is 2.07 bits per heavy atom. The normalized spacial score (nSPS) is 19.4. The summed E-state index contributed by atoms with van der Waals surface area (Å²) in [6, 6.07) is 7.45. The van der Waals surface area contributed by atoms with E-state index in [-0.39, 0.29) is 11.8 Å². The van der Waals surface area contributed by atoms with Gasteiger partial charge in [-0.1, -0.05) is 6.07 Å². The van der Waals surface area contributed by atoms with Crippen LogP contribution in [0.3, 0.4) is 0 Å². The number of hydrogen-bond donors (Lipinski definition) is 2. The number of aryl methyl sites for hydroxylation is 1. The van der Waals surface area contributed by atoms with Gasteiger partial charge in [-0.2, -0.15) is 5.10 Å². The topological polar surface area (TPSA) is 108 Å². The molecular weight excluding hydrogens is 344 g/mol. The predicted molar refractivity (Wildman–Crippen MR) is 97.7 cm³/mol. The third-order valence-electron chi connectivity index (χ3n) is 4.72. The number of rotatable bonds is 4. The summed E-state index contributed by atoms with van der Waals surface area (Å²) in [5.41, 5.74) is 2.94. The largest absolute Gasteiger partial charge is 0.391 e. The van der Waals surface area contributed by atoms with E-state index in [2.05, 4.69) is 25.1 Å². The number of aliphatic hydroxyl groups is 1. The van der Waals surface area contributed by atoms with E-state index in [1.807, 2.05) is 31.2 Å². The van der Waals surface area contributed by atoms with Crippen LogP contribution in [0.1, 0.15) is 21.7 Å². The maximum absolute atomic E-state index is 12.7. The van der Waals surface area contributed by atoms with Gasteiger partial charge in [0.1, 0.15) is 5.69 Å². The minimum Gasteiger partial charge on any atom is -0.391 e. The Bertz CT molecular complexity index is 925. The first kappa shape index (κ1) is 17.3. The summed E-state index contributed by atoms with van der Waals surface area (Å²) in [6.07, 6.45) is 4.75. The number of nitrogens with one attached hydrogen (secondary N) is 1. The summed E-state index contributed by atoms with van der Waals surface area (Å²) >= 11 is 0. The van der Waals surface area contributed by atoms with Crippen LogP contribution in [0.4, 0.5) is 0 Å². The molecule has 0 bridgehead atoms. The fraction of sp³-hybridized carbons (Fsp3) is 0.316. The van der Waals surface area contributed by atoms with Gasteiger partial charge in [0.2, 0.25) is 0 Å². The van der Waals surface area contributed by atoms with E-state index in [1.165, 1.54) is 12.4 Å². The molecule has 138 valence electrons. The van der Waals surface area contributed by atoms with E-state index in [4.69, 9.17) is 0 Å². The first-order chi connectivity index (χ1) is 13.1. The fourth-order valence-electron chi connectivity index (χ4n) is 3.32. The van der Waals surface area contributed by atoms with E-state index >= 15 is 0 Å². The van der Waals surface area contributed by atoms with E-state index in [0.29, 0.717) is 36.6 Å². The summed E-state index contributed by atoms with van der Waals surface area (Å²) in [5.74, 6) is 0.257. The molecular formula is C19H20N6O2. The zero-order valence-electron chi connectivity index (χ0n) is 14.9. The molecule has 2 N–H and O–H groups in total. The SMILES string of the molecule is Cc1cc(C[C@@H]2CN(C(=O)c3cnc(-c4ccccn4)nc3)C[C@@H]2O)n[nH]1. The van der Waals surface area contributed by atoms with Crippen LogP contribution in [0.5, 0.6) is 0 Å². The Morgan fingerprint density at radius 1 is 1.26 bits per heavy atom. The number of nitrogens with zero attached hydrogens (tertiary/aromatic N) is 5. The van der Waals surface area contributed by atoms with E-state index in [0.717, 1.165) is 11.4 Å². The molecule has 0 aliphatic carbocycles. The van der Waals surface area contributed by atoms with Gasteiger partial charge in [-0.25, -0.2) is 9.97 Å². The lowest BCUT2D eigenvalue weighted by Gasteiger charge is -2.15. The lowest BCUT2D eigenvalue weighted by atomic mass is 10.0. The van der Waals surface area contributed by atoms with Crippen molar-refractivity contribution in [2.75, 3.05) is 13.1 Å². The molecule has 1 aliphatic heterocycles. The monoisotopic (exact) mass is 364 g/mol. The summed E-state index contributed by atoms with van der Waals surface area (Å²) in [7, 11) is 0. The van der Waals surface area contributed by atoms with Crippen molar-refractivity contribution in [2.45, 2.75) is 19.4 Å². The Morgan fingerprint density at radius 3 is 2.74 bits per heavy atom. The van der Waals surface area contributed by atoms with Gasteiger partial charge in [0.15, 0.2) is 5.82 Å². The van der Waals surface area contributed by atoms with E-state index in [9.17, 15) is 9.90 Å². The summed E-state index contributed by atoms with van der Waals surface area (Å²) in [4.78, 5) is 27.1. The van der Waals surface area contributed by atoms with Crippen molar-refractivity contribution in [1.82, 2.24) is 30.0 Å². The van der Waals surface area contributed by atoms with Crippen LogP contribution in [-0.2, 0) is 6.42 Å². The molecule has 27 heavy (non-hydrogen) atoms. The van der Waals surface area contributed by atoms with Crippen LogP contribution in [0.15, 0.2) is 42.9 Å². The smallest absolute Gasteiger partial charge is 0.257 e. The molecule has 0 aromatic carbocycles. The molecule has 8 nitrogen and oxygen atoms in total. The highest BCUT2D eigenvalue weighted by Crippen LogP contribution is 2.23. The third-order valence-corrected chi connectivity index (χ3v) is 4.72. The first-order valence-electron chi connectivity index (χ1n) is 8.82. The number of aliphatic hydroxyl groups excluding tert-OH is 1. The third kappa shape index (κ3) is 3.70. The minimum absolute atomic E-state index is 0.0367. The lowest BCUT2D eigenvalue weighted by Crippen LogP contribution is -2.29. The second-order valence-corrected chi connectivity index (χ2v) is 6.79. The molecule has 2 atom stereocenters. The number of aromatic nitrogens is 5. The molecule has 1 amide bonds.